The van der Waals surface area contributed by atoms with Gasteiger partial charge in [0, 0.05) is 11.3 Å². The highest BCUT2D eigenvalue weighted by Gasteiger charge is 2.14. The van der Waals surface area contributed by atoms with Crippen molar-refractivity contribution in [3.63, 3.8) is 0 Å². The van der Waals surface area contributed by atoms with Crippen molar-refractivity contribution >= 4 is 29.4 Å². The van der Waals surface area contributed by atoms with Crippen LogP contribution in [0.5, 0.6) is 0 Å². The molecule has 3 aromatic heterocycles. The third-order valence-electron chi connectivity index (χ3n) is 2.80. The molecule has 1 N–H and O–H groups in total. The third-order valence-corrected chi connectivity index (χ3v) is 3.61. The van der Waals surface area contributed by atoms with Crippen LogP contribution in [0.25, 0.3) is 0 Å². The number of aromatic nitrogens is 5. The summed E-state index contributed by atoms with van der Waals surface area (Å²) in [5, 5.41) is 21.5. The Hall–Kier alpha value is -3.48. The van der Waals surface area contributed by atoms with Crippen molar-refractivity contribution in [3.8, 4) is 0 Å². The lowest BCUT2D eigenvalue weighted by atomic mass is 10.4. The van der Waals surface area contributed by atoms with Crippen LogP contribution in [0.4, 0.5) is 10.3 Å². The molecular weight excluding hydrogens is 355 g/mol. The second-order valence-electron chi connectivity index (χ2n) is 4.56. The molecule has 0 aromatic carbocycles. The molecule has 128 valence electrons. The Bertz CT molecular complexity index is 946. The first-order chi connectivity index (χ1) is 12.0. The molecule has 3 rings (SSSR count). The van der Waals surface area contributed by atoms with Crippen molar-refractivity contribution in [3.05, 3.63) is 56.5 Å². The number of carbonyl (C=O) groups excluding carboxylic acids is 1. The number of nitrogens with zero attached hydrogens (tertiary/aromatic N) is 7. The Morgan fingerprint density at radius 2 is 2.24 bits per heavy atom. The van der Waals surface area contributed by atoms with Gasteiger partial charge in [0.2, 0.25) is 6.33 Å². The van der Waals surface area contributed by atoms with E-state index in [0.29, 0.717) is 4.88 Å². The van der Waals surface area contributed by atoms with Gasteiger partial charge < -0.3 is 10.1 Å². The number of thiophene rings is 1. The number of hydrazone groups is 1. The van der Waals surface area contributed by atoms with Crippen molar-refractivity contribution in [1.29, 1.82) is 0 Å². The maximum absolute atomic E-state index is 12.8. The molecule has 3 aromatic rings. The lowest BCUT2D eigenvalue weighted by Gasteiger charge is -1.97. The van der Waals surface area contributed by atoms with Gasteiger partial charge in [-0.1, -0.05) is 4.98 Å². The minimum Gasteiger partial charge on any atom is -0.390 e. The molecule has 0 aliphatic carbocycles. The fourth-order valence-electron chi connectivity index (χ4n) is 1.76. The van der Waals surface area contributed by atoms with Gasteiger partial charge in [-0.2, -0.15) is 19.3 Å². The number of hydrogen-bond donors (Lipinski definition) is 1. The zero-order valence-corrected chi connectivity index (χ0v) is 13.1. The van der Waals surface area contributed by atoms with E-state index in [1.165, 1.54) is 46.3 Å². The zero-order valence-electron chi connectivity index (χ0n) is 12.3. The summed E-state index contributed by atoms with van der Waals surface area (Å²) in [4.78, 5) is 25.8. The summed E-state index contributed by atoms with van der Waals surface area (Å²) in [7, 11) is 0. The molecule has 0 fully saturated rings. The van der Waals surface area contributed by atoms with Crippen molar-refractivity contribution in [1.82, 2.24) is 30.0 Å². The molecule has 0 aliphatic heterocycles. The number of hydrogen-bond acceptors (Lipinski definition) is 8. The average molecular weight is 364 g/mol. The van der Waals surface area contributed by atoms with E-state index in [1.54, 1.807) is 0 Å². The van der Waals surface area contributed by atoms with E-state index < -0.39 is 16.8 Å². The van der Waals surface area contributed by atoms with Crippen LogP contribution in [0.2, 0.25) is 0 Å². The molecule has 11 nitrogen and oxygen atoms in total. The van der Waals surface area contributed by atoms with Gasteiger partial charge >= 0.3 is 5.95 Å². The van der Waals surface area contributed by atoms with Crippen LogP contribution < -0.4 is 5.43 Å². The van der Waals surface area contributed by atoms with E-state index in [4.69, 9.17) is 0 Å². The van der Waals surface area contributed by atoms with Gasteiger partial charge in [-0.25, -0.2) is 10.1 Å². The Kier molecular flexibility index (Phi) is 4.56. The first-order valence-electron chi connectivity index (χ1n) is 6.67. The van der Waals surface area contributed by atoms with Crippen molar-refractivity contribution in [2.45, 2.75) is 6.67 Å². The molecule has 25 heavy (non-hydrogen) atoms. The smallest absolute Gasteiger partial charge is 0.390 e. The molecule has 13 heteroatoms. The first-order valence-corrected chi connectivity index (χ1v) is 7.49. The summed E-state index contributed by atoms with van der Waals surface area (Å²) < 4.78 is 15.4. The number of halogens is 1. The summed E-state index contributed by atoms with van der Waals surface area (Å²) in [5.74, 6) is -1.08. The van der Waals surface area contributed by atoms with E-state index in [2.05, 4.69) is 25.7 Å². The monoisotopic (exact) mass is 364 g/mol. The molecule has 0 atom stereocenters. The highest BCUT2D eigenvalue weighted by atomic mass is 32.1. The van der Waals surface area contributed by atoms with E-state index in [-0.39, 0.29) is 17.5 Å². The largest absolute Gasteiger partial charge is 0.491 e. The van der Waals surface area contributed by atoms with E-state index >= 15 is 0 Å². The second kappa shape index (κ2) is 6.96. The van der Waals surface area contributed by atoms with E-state index in [1.807, 2.05) is 0 Å². The summed E-state index contributed by atoms with van der Waals surface area (Å²) in [6.45, 7) is 0.0475. The molecule has 0 saturated carbocycles. The minimum atomic E-state index is -0.712. The van der Waals surface area contributed by atoms with Crippen molar-refractivity contribution < 1.29 is 14.1 Å². The second-order valence-corrected chi connectivity index (χ2v) is 5.63. The SMILES string of the molecule is O=C(N/N=C\c1ccc(F)s1)c1ccn(Cn2cnc([N+](=O)[O-])n2)n1. The lowest BCUT2D eigenvalue weighted by molar-refractivity contribution is -0.394. The number of nitro groups is 1. The van der Waals surface area contributed by atoms with Crippen LogP contribution >= 0.6 is 11.3 Å². The lowest BCUT2D eigenvalue weighted by Crippen LogP contribution is -2.19. The van der Waals surface area contributed by atoms with Crippen molar-refractivity contribution in [2.75, 3.05) is 0 Å². The summed E-state index contributed by atoms with van der Waals surface area (Å²) in [6.07, 6.45) is 4.00. The van der Waals surface area contributed by atoms with Crippen LogP contribution in [0, 0.1) is 15.2 Å². The summed E-state index contributed by atoms with van der Waals surface area (Å²) in [5.41, 5.74) is 2.35. The maximum atomic E-state index is 12.8. The predicted octanol–water partition coefficient (Wildman–Crippen LogP) is 0.853. The topological polar surface area (TPSA) is 133 Å². The third kappa shape index (κ3) is 4.08. The van der Waals surface area contributed by atoms with Gasteiger partial charge in [-0.05, 0) is 23.1 Å². The van der Waals surface area contributed by atoms with Crippen LogP contribution in [0.3, 0.4) is 0 Å². The van der Waals surface area contributed by atoms with Gasteiger partial charge in [0.05, 0.1) is 11.1 Å². The van der Waals surface area contributed by atoms with Crippen LogP contribution in [0.1, 0.15) is 15.4 Å². The molecule has 0 saturated heterocycles. The average Bonchev–Trinajstić information content (AvgIpc) is 3.29. The van der Waals surface area contributed by atoms with Gasteiger partial charge in [0.25, 0.3) is 5.91 Å². The molecule has 0 radical (unpaired) electrons. The first kappa shape index (κ1) is 16.4. The highest BCUT2D eigenvalue weighted by molar-refractivity contribution is 7.12. The van der Waals surface area contributed by atoms with E-state index in [9.17, 15) is 19.3 Å². The molecule has 1 amide bonds. The van der Waals surface area contributed by atoms with Crippen LogP contribution in [-0.2, 0) is 6.67 Å². The Morgan fingerprint density at radius 1 is 1.40 bits per heavy atom. The van der Waals surface area contributed by atoms with Crippen molar-refractivity contribution in [2.24, 2.45) is 5.10 Å². The molecule has 0 aliphatic rings. The number of nitrogens with one attached hydrogen (secondary N) is 1. The number of amides is 1. The van der Waals surface area contributed by atoms with E-state index in [0.717, 1.165) is 11.3 Å². The van der Waals surface area contributed by atoms with Crippen LogP contribution in [-0.4, -0.2) is 41.6 Å². The van der Waals surface area contributed by atoms with Gasteiger partial charge in [-0.15, -0.1) is 11.3 Å². The zero-order chi connectivity index (χ0) is 17.8. The normalized spacial score (nSPS) is 11.1. The fourth-order valence-corrected chi connectivity index (χ4v) is 2.36. The van der Waals surface area contributed by atoms with Gasteiger partial charge in [0.1, 0.15) is 0 Å². The Morgan fingerprint density at radius 3 is 2.92 bits per heavy atom. The number of carbonyl (C=O) groups is 1. The minimum absolute atomic E-state index is 0.0475. The predicted molar refractivity (Wildman–Crippen MR) is 83.6 cm³/mol. The summed E-state index contributed by atoms with van der Waals surface area (Å²) >= 11 is 0.894. The molecule has 0 bridgehead atoms. The quantitative estimate of drug-likeness (QED) is 0.392. The summed E-state index contributed by atoms with van der Waals surface area (Å²) in [6, 6.07) is 4.27. The fraction of sp³-hybridized carbons (Fsp3) is 0.0833. The number of rotatable bonds is 6. The molecule has 3 heterocycles. The molecular formula is C12H9FN8O3S. The standard InChI is InChI=1S/C12H9FN8O3S/c13-10-2-1-8(25-10)5-15-16-11(22)9-3-4-19(17-9)7-20-6-14-12(18-20)21(23)24/h1-6H,7H2,(H,16,22)/b15-5-. The van der Waals surface area contributed by atoms with Crippen LogP contribution in [0.15, 0.2) is 35.8 Å². The Balaban J connectivity index is 1.59. The Labute approximate surface area is 142 Å². The van der Waals surface area contributed by atoms with Gasteiger partial charge in [0.15, 0.2) is 17.5 Å². The maximum Gasteiger partial charge on any atom is 0.491 e. The molecule has 0 unspecified atom stereocenters. The highest BCUT2D eigenvalue weighted by Crippen LogP contribution is 2.11. The van der Waals surface area contributed by atoms with Gasteiger partial charge in [-0.3, -0.25) is 4.79 Å². The molecule has 0 spiro atoms.